The van der Waals surface area contributed by atoms with Gasteiger partial charge in [0.15, 0.2) is 0 Å². The van der Waals surface area contributed by atoms with Crippen molar-refractivity contribution in [1.29, 1.82) is 0 Å². The highest BCUT2D eigenvalue weighted by Crippen LogP contribution is 2.17. The van der Waals surface area contributed by atoms with Crippen LogP contribution in [0.2, 0.25) is 0 Å². The Kier molecular flexibility index (Phi) is 5.07. The maximum absolute atomic E-state index is 12.2. The van der Waals surface area contributed by atoms with Gasteiger partial charge in [0, 0.05) is 12.0 Å². The Labute approximate surface area is 104 Å². The minimum atomic E-state index is -4.70. The summed E-state index contributed by atoms with van der Waals surface area (Å²) in [5.41, 5.74) is 0.262. The van der Waals surface area contributed by atoms with Gasteiger partial charge in [-0.2, -0.15) is 8.78 Å². The smallest absolute Gasteiger partial charge is 0.355 e. The number of alkyl halides is 2. The Bertz CT molecular complexity index is 561. The van der Waals surface area contributed by atoms with E-state index in [1.807, 2.05) is 0 Å². The van der Waals surface area contributed by atoms with Gasteiger partial charge < -0.3 is 5.11 Å². The summed E-state index contributed by atoms with van der Waals surface area (Å²) < 4.78 is 48.3. The molecule has 4 nitrogen and oxygen atoms in total. The third kappa shape index (κ3) is 3.98. The SMILES string of the molecule is O=S(=O)(Nc1ccccc1C#CCCO)C(F)F. The largest absolute Gasteiger partial charge is 0.395 e. The third-order valence-electron chi connectivity index (χ3n) is 1.87. The summed E-state index contributed by atoms with van der Waals surface area (Å²) in [4.78, 5) is 0. The maximum Gasteiger partial charge on any atom is 0.355 e. The number of para-hydroxylation sites is 1. The lowest BCUT2D eigenvalue weighted by atomic mass is 10.2. The molecule has 0 aliphatic rings. The number of hydrogen-bond donors (Lipinski definition) is 2. The molecule has 0 heterocycles. The van der Waals surface area contributed by atoms with Crippen LogP contribution in [-0.4, -0.2) is 25.9 Å². The van der Waals surface area contributed by atoms with Crippen molar-refractivity contribution in [3.05, 3.63) is 29.8 Å². The van der Waals surface area contributed by atoms with E-state index in [0.717, 1.165) is 0 Å². The van der Waals surface area contributed by atoms with E-state index in [4.69, 9.17) is 5.11 Å². The van der Waals surface area contributed by atoms with E-state index in [0.29, 0.717) is 0 Å². The Morgan fingerprint density at radius 1 is 1.33 bits per heavy atom. The number of anilines is 1. The summed E-state index contributed by atoms with van der Waals surface area (Å²) >= 11 is 0. The summed E-state index contributed by atoms with van der Waals surface area (Å²) in [6.45, 7) is -0.127. The second-order valence-corrected chi connectivity index (χ2v) is 4.88. The van der Waals surface area contributed by atoms with E-state index in [9.17, 15) is 17.2 Å². The first kappa shape index (κ1) is 14.4. The van der Waals surface area contributed by atoms with Crippen LogP contribution in [0.5, 0.6) is 0 Å². The van der Waals surface area contributed by atoms with Gasteiger partial charge in [0.05, 0.1) is 12.3 Å². The lowest BCUT2D eigenvalue weighted by Gasteiger charge is -2.08. The molecule has 0 radical (unpaired) electrons. The van der Waals surface area contributed by atoms with Gasteiger partial charge in [-0.15, -0.1) is 0 Å². The average molecular weight is 275 g/mol. The molecule has 2 N–H and O–H groups in total. The van der Waals surface area contributed by atoms with Crippen LogP contribution in [-0.2, 0) is 10.0 Å². The quantitative estimate of drug-likeness (QED) is 0.816. The van der Waals surface area contributed by atoms with Crippen molar-refractivity contribution in [2.24, 2.45) is 0 Å². The Morgan fingerprint density at radius 2 is 2.00 bits per heavy atom. The second kappa shape index (κ2) is 6.33. The fraction of sp³-hybridized carbons (Fsp3) is 0.273. The molecular formula is C11H11F2NO3S. The predicted molar refractivity (Wildman–Crippen MR) is 63.6 cm³/mol. The molecule has 0 bridgehead atoms. The first-order valence-electron chi connectivity index (χ1n) is 4.96. The lowest BCUT2D eigenvalue weighted by molar-refractivity contribution is 0.236. The van der Waals surface area contributed by atoms with Gasteiger partial charge >= 0.3 is 5.76 Å². The highest BCUT2D eigenvalue weighted by Gasteiger charge is 2.24. The average Bonchev–Trinajstić information content (AvgIpc) is 2.31. The van der Waals surface area contributed by atoms with Crippen LogP contribution in [0, 0.1) is 11.8 Å². The summed E-state index contributed by atoms with van der Waals surface area (Å²) in [7, 11) is -4.70. The van der Waals surface area contributed by atoms with Gasteiger partial charge in [0.25, 0.3) is 10.0 Å². The number of aliphatic hydroxyl groups is 1. The van der Waals surface area contributed by atoms with Crippen LogP contribution in [0.3, 0.4) is 0 Å². The zero-order valence-corrected chi connectivity index (χ0v) is 10.0. The molecule has 0 aliphatic heterocycles. The minimum absolute atomic E-state index is 0.0109. The van der Waals surface area contributed by atoms with Crippen molar-refractivity contribution < 1.29 is 22.3 Å². The van der Waals surface area contributed by atoms with Gasteiger partial charge in [-0.3, -0.25) is 4.72 Å². The van der Waals surface area contributed by atoms with Crippen LogP contribution in [0.1, 0.15) is 12.0 Å². The normalized spacial score (nSPS) is 10.9. The lowest BCUT2D eigenvalue weighted by Crippen LogP contribution is -2.21. The summed E-state index contributed by atoms with van der Waals surface area (Å²) in [5, 5.41) is 8.56. The van der Waals surface area contributed by atoms with E-state index in [1.165, 1.54) is 18.2 Å². The fourth-order valence-corrected chi connectivity index (χ4v) is 1.67. The van der Waals surface area contributed by atoms with Gasteiger partial charge in [-0.1, -0.05) is 24.0 Å². The van der Waals surface area contributed by atoms with Crippen molar-refractivity contribution in [3.8, 4) is 11.8 Å². The molecule has 1 aromatic carbocycles. The predicted octanol–water partition coefficient (Wildman–Crippen LogP) is 1.38. The Morgan fingerprint density at radius 3 is 2.61 bits per heavy atom. The molecule has 0 amide bonds. The molecule has 18 heavy (non-hydrogen) atoms. The number of halogens is 2. The van der Waals surface area contributed by atoms with Crippen LogP contribution >= 0.6 is 0 Å². The topological polar surface area (TPSA) is 66.4 Å². The molecule has 1 aromatic rings. The number of rotatable bonds is 4. The molecule has 0 aromatic heterocycles. The van der Waals surface area contributed by atoms with Crippen molar-refractivity contribution in [3.63, 3.8) is 0 Å². The number of nitrogens with one attached hydrogen (secondary N) is 1. The summed E-state index contributed by atoms with van der Waals surface area (Å²) in [6.07, 6.45) is 0.218. The zero-order chi connectivity index (χ0) is 13.6. The van der Waals surface area contributed by atoms with E-state index >= 15 is 0 Å². The van der Waals surface area contributed by atoms with Crippen molar-refractivity contribution >= 4 is 15.7 Å². The van der Waals surface area contributed by atoms with Gasteiger partial charge in [-0.05, 0) is 12.1 Å². The molecule has 0 aliphatic carbocycles. The highest BCUT2D eigenvalue weighted by molar-refractivity contribution is 7.93. The van der Waals surface area contributed by atoms with Crippen molar-refractivity contribution in [2.75, 3.05) is 11.3 Å². The van der Waals surface area contributed by atoms with Gasteiger partial charge in [0.1, 0.15) is 0 Å². The molecule has 0 saturated carbocycles. The van der Waals surface area contributed by atoms with E-state index in [2.05, 4.69) is 11.8 Å². The summed E-state index contributed by atoms with van der Waals surface area (Å²) in [6, 6.07) is 5.93. The Hall–Kier alpha value is -1.65. The van der Waals surface area contributed by atoms with Gasteiger partial charge in [0.2, 0.25) is 0 Å². The second-order valence-electron chi connectivity index (χ2n) is 3.23. The fourth-order valence-electron chi connectivity index (χ4n) is 1.09. The van der Waals surface area contributed by atoms with Crippen LogP contribution in [0.25, 0.3) is 0 Å². The molecule has 98 valence electrons. The third-order valence-corrected chi connectivity index (χ3v) is 2.85. The van der Waals surface area contributed by atoms with E-state index in [-0.39, 0.29) is 24.3 Å². The number of hydrogen-bond acceptors (Lipinski definition) is 3. The maximum atomic E-state index is 12.2. The first-order valence-corrected chi connectivity index (χ1v) is 6.50. The van der Waals surface area contributed by atoms with Crippen LogP contribution < -0.4 is 4.72 Å². The van der Waals surface area contributed by atoms with Gasteiger partial charge in [-0.25, -0.2) is 8.42 Å². The molecule has 7 heteroatoms. The highest BCUT2D eigenvalue weighted by atomic mass is 32.2. The monoisotopic (exact) mass is 275 g/mol. The minimum Gasteiger partial charge on any atom is -0.395 e. The van der Waals surface area contributed by atoms with Crippen molar-refractivity contribution in [2.45, 2.75) is 12.2 Å². The molecule has 0 atom stereocenters. The van der Waals surface area contributed by atoms with Crippen LogP contribution in [0.15, 0.2) is 24.3 Å². The standard InChI is InChI=1S/C11H11F2NO3S/c12-11(13)18(16,17)14-10-7-2-1-5-9(10)6-3-4-8-15/h1-2,5,7,11,14-15H,4,8H2. The van der Waals surface area contributed by atoms with E-state index in [1.54, 1.807) is 10.8 Å². The van der Waals surface area contributed by atoms with E-state index < -0.39 is 15.8 Å². The molecular weight excluding hydrogens is 264 g/mol. The molecule has 0 fully saturated rings. The number of sulfonamides is 1. The number of aliphatic hydroxyl groups excluding tert-OH is 1. The Balaban J connectivity index is 3.01. The molecule has 0 spiro atoms. The van der Waals surface area contributed by atoms with Crippen LogP contribution in [0.4, 0.5) is 14.5 Å². The van der Waals surface area contributed by atoms with Crippen molar-refractivity contribution in [1.82, 2.24) is 0 Å². The zero-order valence-electron chi connectivity index (χ0n) is 9.23. The summed E-state index contributed by atoms with van der Waals surface area (Å²) in [5.74, 6) is 1.67. The molecule has 0 saturated heterocycles. The number of benzene rings is 1. The molecule has 0 unspecified atom stereocenters. The first-order chi connectivity index (χ1) is 8.47. The molecule has 1 rings (SSSR count).